The van der Waals surface area contributed by atoms with Gasteiger partial charge in [-0.1, -0.05) is 13.5 Å². The Bertz CT molecular complexity index is 1320. The Balaban J connectivity index is 1.91. The molecule has 0 bridgehead atoms. The van der Waals surface area contributed by atoms with Gasteiger partial charge >= 0.3 is 0 Å². The summed E-state index contributed by atoms with van der Waals surface area (Å²) in [7, 11) is 1.47. The lowest BCUT2D eigenvalue weighted by atomic mass is 9.98. The third-order valence-electron chi connectivity index (χ3n) is 6.27. The van der Waals surface area contributed by atoms with Crippen LogP contribution in [0.2, 0.25) is 0 Å². The van der Waals surface area contributed by atoms with Crippen molar-refractivity contribution < 1.29 is 19.4 Å². The lowest BCUT2D eigenvalue weighted by molar-refractivity contribution is -0.115. The third kappa shape index (κ3) is 3.87. The van der Waals surface area contributed by atoms with Crippen LogP contribution >= 0.6 is 0 Å². The quantitative estimate of drug-likeness (QED) is 0.326. The molecule has 0 spiro atoms. The fraction of sp³-hybridized carbons (Fsp3) is 0.346. The van der Waals surface area contributed by atoms with Gasteiger partial charge in [0.2, 0.25) is 0 Å². The number of ether oxygens (including phenoxy) is 2. The van der Waals surface area contributed by atoms with Crippen molar-refractivity contribution in [3.8, 4) is 17.1 Å². The molecule has 2 unspecified atom stereocenters. The van der Waals surface area contributed by atoms with Gasteiger partial charge in [0.25, 0.3) is 5.56 Å². The highest BCUT2D eigenvalue weighted by molar-refractivity contribution is 5.89. The van der Waals surface area contributed by atoms with Gasteiger partial charge in [-0.25, -0.2) is 4.98 Å². The minimum atomic E-state index is -1.40. The largest absolute Gasteiger partial charge is 0.486 e. The number of nitrogens with zero attached hydrogens (tertiary/aromatic N) is 2. The number of aliphatic hydroxyl groups excluding tert-OH is 1. The highest BCUT2D eigenvalue weighted by Gasteiger charge is 2.29. The van der Waals surface area contributed by atoms with Crippen molar-refractivity contribution in [2.75, 3.05) is 7.11 Å². The fourth-order valence-electron chi connectivity index (χ4n) is 4.36. The molecule has 1 N–H and O–H groups in total. The van der Waals surface area contributed by atoms with Crippen LogP contribution in [0.5, 0.6) is 5.75 Å². The molecule has 1 aliphatic heterocycles. The first-order chi connectivity index (χ1) is 15.8. The van der Waals surface area contributed by atoms with Gasteiger partial charge in [-0.15, -0.1) is 0 Å². The zero-order valence-corrected chi connectivity index (χ0v) is 19.3. The molecule has 0 saturated carbocycles. The van der Waals surface area contributed by atoms with Gasteiger partial charge in [-0.05, 0) is 55.7 Å². The smallest absolute Gasteiger partial charge is 0.257 e. The van der Waals surface area contributed by atoms with Gasteiger partial charge in [0.15, 0.2) is 6.29 Å². The number of methoxy groups -OCH3 is 1. The van der Waals surface area contributed by atoms with E-state index < -0.39 is 6.10 Å². The number of hydrogen-bond acceptors (Lipinski definition) is 6. The summed E-state index contributed by atoms with van der Waals surface area (Å²) >= 11 is 0. The molecule has 0 fully saturated rings. The number of aliphatic hydroxyl groups is 1. The molecular formula is C26H28N2O5. The SMILES string of the molecule is C=C(C)C(C)Oc1ccc2nc3c(c(CC)c2c1)Cn1c-3cc(C(O)C=O)c(COC)c1=O. The molecule has 1 aromatic carbocycles. The van der Waals surface area contributed by atoms with E-state index in [2.05, 4.69) is 13.5 Å². The third-order valence-corrected chi connectivity index (χ3v) is 6.27. The average molecular weight is 449 g/mol. The molecule has 7 heteroatoms. The van der Waals surface area contributed by atoms with Crippen molar-refractivity contribution in [3.63, 3.8) is 0 Å². The molecule has 2 atom stereocenters. The lowest BCUT2D eigenvalue weighted by Gasteiger charge is -2.16. The number of aldehydes is 1. The van der Waals surface area contributed by atoms with Gasteiger partial charge in [-0.3, -0.25) is 4.79 Å². The van der Waals surface area contributed by atoms with Gasteiger partial charge in [0, 0.05) is 29.2 Å². The molecule has 172 valence electrons. The zero-order valence-electron chi connectivity index (χ0n) is 19.3. The fourth-order valence-corrected chi connectivity index (χ4v) is 4.36. The van der Waals surface area contributed by atoms with Crippen LogP contribution < -0.4 is 10.3 Å². The van der Waals surface area contributed by atoms with E-state index in [-0.39, 0.29) is 29.4 Å². The van der Waals surface area contributed by atoms with Gasteiger partial charge in [-0.2, -0.15) is 0 Å². The first kappa shape index (κ1) is 22.9. The van der Waals surface area contributed by atoms with E-state index in [0.717, 1.165) is 39.8 Å². The molecule has 3 heterocycles. The molecule has 0 saturated heterocycles. The number of fused-ring (bicyclic) bond motifs is 4. The number of rotatable bonds is 8. The van der Waals surface area contributed by atoms with E-state index in [1.54, 1.807) is 10.6 Å². The molecule has 7 nitrogen and oxygen atoms in total. The lowest BCUT2D eigenvalue weighted by Crippen LogP contribution is -2.26. The predicted octanol–water partition coefficient (Wildman–Crippen LogP) is 3.71. The molecule has 2 aromatic heterocycles. The van der Waals surface area contributed by atoms with Crippen LogP contribution in [0.3, 0.4) is 0 Å². The summed E-state index contributed by atoms with van der Waals surface area (Å²) in [6.07, 6.45) is -0.351. The minimum absolute atomic E-state index is 0.00728. The summed E-state index contributed by atoms with van der Waals surface area (Å²) < 4.78 is 12.8. The van der Waals surface area contributed by atoms with Crippen molar-refractivity contribution in [1.82, 2.24) is 9.55 Å². The Hall–Kier alpha value is -3.29. The van der Waals surface area contributed by atoms with Crippen molar-refractivity contribution in [3.05, 3.63) is 69.0 Å². The van der Waals surface area contributed by atoms with Gasteiger partial charge in [0.05, 0.1) is 30.1 Å². The highest BCUT2D eigenvalue weighted by atomic mass is 16.5. The van der Waals surface area contributed by atoms with Crippen molar-refractivity contribution in [1.29, 1.82) is 0 Å². The molecule has 33 heavy (non-hydrogen) atoms. The topological polar surface area (TPSA) is 90.7 Å². The standard InChI is InChI=1S/C26H28N2O5/c1-6-17-18-9-16(33-15(4)14(2)3)7-8-22(18)27-25-20(17)11-28-23(25)10-19(24(30)12-29)21(13-32-5)26(28)31/h7-10,12,15,24,30H,2,6,11,13H2,1,3-5H3. The second-order valence-corrected chi connectivity index (χ2v) is 8.43. The first-order valence-electron chi connectivity index (χ1n) is 11.0. The Labute approximate surface area is 192 Å². The second kappa shape index (κ2) is 8.92. The molecule has 0 amide bonds. The summed E-state index contributed by atoms with van der Waals surface area (Å²) in [5.74, 6) is 0.737. The Kier molecular flexibility index (Phi) is 6.19. The second-order valence-electron chi connectivity index (χ2n) is 8.43. The predicted molar refractivity (Wildman–Crippen MR) is 127 cm³/mol. The molecule has 0 radical (unpaired) electrons. The summed E-state index contributed by atoms with van der Waals surface area (Å²) in [5, 5.41) is 11.2. The first-order valence-corrected chi connectivity index (χ1v) is 11.0. The minimum Gasteiger partial charge on any atom is -0.486 e. The summed E-state index contributed by atoms with van der Waals surface area (Å²) in [4.78, 5) is 29.5. The number of aryl methyl sites for hydroxylation is 1. The van der Waals surface area contributed by atoms with Crippen LogP contribution in [-0.4, -0.2) is 34.2 Å². The number of aromatic nitrogens is 2. The number of carbonyl (C=O) groups excluding carboxylic acids is 1. The normalized spacial score (nSPS) is 14.0. The summed E-state index contributed by atoms with van der Waals surface area (Å²) in [5.41, 5.74) is 5.34. The van der Waals surface area contributed by atoms with Gasteiger partial charge < -0.3 is 23.9 Å². The number of pyridine rings is 2. The maximum absolute atomic E-state index is 13.3. The Morgan fingerprint density at radius 2 is 2.09 bits per heavy atom. The van der Waals surface area contributed by atoms with Crippen LogP contribution in [0.15, 0.2) is 41.2 Å². The molecule has 0 aliphatic carbocycles. The van der Waals surface area contributed by atoms with Crippen LogP contribution in [0.25, 0.3) is 22.3 Å². The Morgan fingerprint density at radius 1 is 1.33 bits per heavy atom. The molecule has 1 aliphatic rings. The number of benzene rings is 1. The van der Waals surface area contributed by atoms with Crippen molar-refractivity contribution in [2.24, 2.45) is 0 Å². The monoisotopic (exact) mass is 448 g/mol. The van der Waals surface area contributed by atoms with Crippen LogP contribution in [-0.2, 0) is 29.1 Å². The summed E-state index contributed by atoms with van der Waals surface area (Å²) in [6, 6.07) is 7.47. The van der Waals surface area contributed by atoms with E-state index in [0.29, 0.717) is 24.2 Å². The maximum atomic E-state index is 13.3. The zero-order chi connectivity index (χ0) is 23.9. The van der Waals surface area contributed by atoms with E-state index >= 15 is 0 Å². The maximum Gasteiger partial charge on any atom is 0.257 e. The van der Waals surface area contributed by atoms with Crippen LogP contribution in [0, 0.1) is 0 Å². The van der Waals surface area contributed by atoms with E-state index in [9.17, 15) is 14.7 Å². The molecule has 4 rings (SSSR count). The van der Waals surface area contributed by atoms with E-state index in [1.807, 2.05) is 32.0 Å². The van der Waals surface area contributed by atoms with E-state index in [4.69, 9.17) is 14.5 Å². The van der Waals surface area contributed by atoms with E-state index in [1.165, 1.54) is 7.11 Å². The van der Waals surface area contributed by atoms with Crippen LogP contribution in [0.1, 0.15) is 49.1 Å². The molecular weight excluding hydrogens is 420 g/mol. The average Bonchev–Trinajstić information content (AvgIpc) is 3.17. The Morgan fingerprint density at radius 3 is 2.73 bits per heavy atom. The molecule has 3 aromatic rings. The summed E-state index contributed by atoms with van der Waals surface area (Å²) in [6.45, 7) is 10.3. The van der Waals surface area contributed by atoms with Crippen molar-refractivity contribution >= 4 is 17.2 Å². The number of carbonyl (C=O) groups is 1. The van der Waals surface area contributed by atoms with Crippen LogP contribution in [0.4, 0.5) is 0 Å². The highest BCUT2D eigenvalue weighted by Crippen LogP contribution is 2.38. The van der Waals surface area contributed by atoms with Gasteiger partial charge in [0.1, 0.15) is 18.0 Å². The number of hydrogen-bond donors (Lipinski definition) is 1. The van der Waals surface area contributed by atoms with Crippen molar-refractivity contribution in [2.45, 2.75) is 52.6 Å².